The lowest BCUT2D eigenvalue weighted by Crippen LogP contribution is -2.54. The first-order valence-electron chi connectivity index (χ1n) is 9.13. The van der Waals surface area contributed by atoms with Crippen LogP contribution in [0.3, 0.4) is 0 Å². The van der Waals surface area contributed by atoms with Crippen molar-refractivity contribution in [1.29, 1.82) is 0 Å². The summed E-state index contributed by atoms with van der Waals surface area (Å²) >= 11 is 0. The maximum Gasteiger partial charge on any atom is 0.410 e. The van der Waals surface area contributed by atoms with E-state index in [-0.39, 0.29) is 18.1 Å². The molecule has 1 fully saturated rings. The van der Waals surface area contributed by atoms with Crippen LogP contribution in [-0.2, 0) is 20.7 Å². The Bertz CT molecular complexity index is 598. The molecule has 0 saturated carbocycles. The first-order valence-corrected chi connectivity index (χ1v) is 9.13. The Hall–Kier alpha value is -2.08. The molecule has 1 aromatic rings. The van der Waals surface area contributed by atoms with Crippen LogP contribution in [0.25, 0.3) is 0 Å². The van der Waals surface area contributed by atoms with Crippen LogP contribution in [0.1, 0.15) is 32.8 Å². The summed E-state index contributed by atoms with van der Waals surface area (Å²) in [5.41, 5.74) is 0.698. The molecule has 0 spiro atoms. The Kier molecular flexibility index (Phi) is 7.03. The number of nitrogens with one attached hydrogen (secondary N) is 1. The van der Waals surface area contributed by atoms with Gasteiger partial charge in [0.1, 0.15) is 5.60 Å². The number of esters is 1. The summed E-state index contributed by atoms with van der Waals surface area (Å²) in [7, 11) is 1.38. The topological polar surface area (TPSA) is 67.9 Å². The zero-order valence-electron chi connectivity index (χ0n) is 16.2. The van der Waals surface area contributed by atoms with Gasteiger partial charge in [-0.1, -0.05) is 30.3 Å². The van der Waals surface area contributed by atoms with Crippen molar-refractivity contribution in [3.8, 4) is 0 Å². The molecule has 1 saturated heterocycles. The van der Waals surface area contributed by atoms with Crippen LogP contribution in [0.2, 0.25) is 0 Å². The van der Waals surface area contributed by atoms with Crippen molar-refractivity contribution in [1.82, 2.24) is 10.2 Å². The van der Waals surface area contributed by atoms with Gasteiger partial charge in [0.2, 0.25) is 0 Å². The summed E-state index contributed by atoms with van der Waals surface area (Å²) in [4.78, 5) is 26.1. The summed E-state index contributed by atoms with van der Waals surface area (Å²) in [6.07, 6.45) is 1.20. The number of hydrogen-bond donors (Lipinski definition) is 1. The summed E-state index contributed by atoms with van der Waals surface area (Å²) in [6.45, 7) is 7.15. The first-order chi connectivity index (χ1) is 12.3. The number of benzene rings is 1. The predicted molar refractivity (Wildman–Crippen MR) is 99.9 cm³/mol. The van der Waals surface area contributed by atoms with Gasteiger partial charge in [-0.05, 0) is 45.7 Å². The molecule has 1 N–H and O–H groups in total. The molecule has 1 heterocycles. The Morgan fingerprint density at radius 1 is 1.23 bits per heavy atom. The van der Waals surface area contributed by atoms with Crippen molar-refractivity contribution in [3.05, 3.63) is 35.9 Å². The minimum absolute atomic E-state index is 0.00940. The van der Waals surface area contributed by atoms with Crippen LogP contribution < -0.4 is 5.32 Å². The lowest BCUT2D eigenvalue weighted by Gasteiger charge is -2.38. The monoisotopic (exact) mass is 362 g/mol. The van der Waals surface area contributed by atoms with Gasteiger partial charge in [-0.2, -0.15) is 0 Å². The Labute approximate surface area is 155 Å². The largest absolute Gasteiger partial charge is 0.469 e. The number of methoxy groups -OCH3 is 1. The van der Waals surface area contributed by atoms with Gasteiger partial charge in [0.05, 0.1) is 13.0 Å². The molecule has 26 heavy (non-hydrogen) atoms. The van der Waals surface area contributed by atoms with Crippen molar-refractivity contribution >= 4 is 12.1 Å². The van der Waals surface area contributed by atoms with E-state index in [1.165, 1.54) is 12.7 Å². The highest BCUT2D eigenvalue weighted by atomic mass is 16.6. The fourth-order valence-corrected chi connectivity index (χ4v) is 3.13. The smallest absolute Gasteiger partial charge is 0.410 e. The van der Waals surface area contributed by atoms with E-state index in [1.807, 2.05) is 39.0 Å². The lowest BCUT2D eigenvalue weighted by molar-refractivity contribution is -0.148. The fourth-order valence-electron chi connectivity index (χ4n) is 3.13. The van der Waals surface area contributed by atoms with E-state index in [4.69, 9.17) is 9.47 Å². The van der Waals surface area contributed by atoms with Crippen LogP contribution in [-0.4, -0.2) is 55.3 Å². The number of likely N-dealkylation sites (tertiary alicyclic amines) is 1. The maximum absolute atomic E-state index is 12.3. The van der Waals surface area contributed by atoms with Crippen LogP contribution in [0, 0.1) is 5.92 Å². The molecule has 1 aliphatic heterocycles. The van der Waals surface area contributed by atoms with Crippen molar-refractivity contribution in [2.45, 2.75) is 45.3 Å². The Morgan fingerprint density at radius 3 is 2.54 bits per heavy atom. The van der Waals surface area contributed by atoms with Gasteiger partial charge in [0.25, 0.3) is 0 Å². The molecular formula is C20H30N2O4. The van der Waals surface area contributed by atoms with Gasteiger partial charge < -0.3 is 19.7 Å². The number of amides is 1. The van der Waals surface area contributed by atoms with E-state index >= 15 is 0 Å². The number of carbonyl (C=O) groups excluding carboxylic acids is 2. The molecule has 2 rings (SSSR count). The molecule has 1 amide bonds. The number of ether oxygens (including phenoxy) is 2. The Morgan fingerprint density at radius 2 is 1.92 bits per heavy atom. The zero-order chi connectivity index (χ0) is 19.2. The SMILES string of the molecule is COC(=O)[C@H]1CN(C(=O)OC(C)(C)C)CC[C@@H]1NCCc1ccccc1. The molecular weight excluding hydrogens is 332 g/mol. The Balaban J connectivity index is 1.93. The van der Waals surface area contributed by atoms with Crippen LogP contribution in [0.15, 0.2) is 30.3 Å². The van der Waals surface area contributed by atoms with Gasteiger partial charge in [-0.15, -0.1) is 0 Å². The summed E-state index contributed by atoms with van der Waals surface area (Å²) in [5, 5.41) is 3.46. The van der Waals surface area contributed by atoms with Crippen molar-refractivity contribution < 1.29 is 19.1 Å². The third kappa shape index (κ3) is 6.02. The summed E-state index contributed by atoms with van der Waals surface area (Å²) in [6, 6.07) is 10.2. The number of hydrogen-bond acceptors (Lipinski definition) is 5. The molecule has 0 bridgehead atoms. The van der Waals surface area contributed by atoms with Crippen molar-refractivity contribution in [2.24, 2.45) is 5.92 Å². The van der Waals surface area contributed by atoms with Gasteiger partial charge in [-0.3, -0.25) is 4.79 Å². The van der Waals surface area contributed by atoms with Crippen molar-refractivity contribution in [2.75, 3.05) is 26.7 Å². The minimum atomic E-state index is -0.553. The molecule has 2 atom stereocenters. The predicted octanol–water partition coefficient (Wildman–Crippen LogP) is 2.62. The molecule has 0 radical (unpaired) electrons. The summed E-state index contributed by atoms with van der Waals surface area (Å²) < 4.78 is 10.4. The highest BCUT2D eigenvalue weighted by molar-refractivity contribution is 5.75. The second-order valence-corrected chi connectivity index (χ2v) is 7.64. The highest BCUT2D eigenvalue weighted by Gasteiger charge is 2.37. The van der Waals surface area contributed by atoms with E-state index in [2.05, 4.69) is 17.4 Å². The molecule has 6 heteroatoms. The minimum Gasteiger partial charge on any atom is -0.469 e. The standard InChI is InChI=1S/C20H30N2O4/c1-20(2,3)26-19(24)22-13-11-17(16(14-22)18(23)25-4)21-12-10-15-8-6-5-7-9-15/h5-9,16-17,21H,10-14H2,1-4H3/t16-,17-/m0/s1. The third-order valence-corrected chi connectivity index (χ3v) is 4.43. The molecule has 6 nitrogen and oxygen atoms in total. The van der Waals surface area contributed by atoms with E-state index in [9.17, 15) is 9.59 Å². The van der Waals surface area contributed by atoms with Crippen molar-refractivity contribution in [3.63, 3.8) is 0 Å². The molecule has 1 aromatic carbocycles. The quantitative estimate of drug-likeness (QED) is 0.816. The van der Waals surface area contributed by atoms with E-state index in [0.717, 1.165) is 13.0 Å². The van der Waals surface area contributed by atoms with Crippen LogP contribution in [0.5, 0.6) is 0 Å². The maximum atomic E-state index is 12.3. The summed E-state index contributed by atoms with van der Waals surface area (Å²) in [5.74, 6) is -0.687. The van der Waals surface area contributed by atoms with E-state index < -0.39 is 11.5 Å². The third-order valence-electron chi connectivity index (χ3n) is 4.43. The molecule has 0 aromatic heterocycles. The van der Waals surface area contributed by atoms with Crippen LogP contribution in [0.4, 0.5) is 4.79 Å². The van der Waals surface area contributed by atoms with Gasteiger partial charge in [0, 0.05) is 19.1 Å². The lowest BCUT2D eigenvalue weighted by atomic mass is 9.92. The van der Waals surface area contributed by atoms with E-state index in [1.54, 1.807) is 4.90 Å². The molecule has 0 unspecified atom stereocenters. The molecule has 144 valence electrons. The normalized spacial score (nSPS) is 20.5. The number of nitrogens with zero attached hydrogens (tertiary/aromatic N) is 1. The van der Waals surface area contributed by atoms with Gasteiger partial charge >= 0.3 is 12.1 Å². The average molecular weight is 362 g/mol. The molecule has 1 aliphatic rings. The average Bonchev–Trinajstić information content (AvgIpc) is 2.60. The van der Waals surface area contributed by atoms with Crippen LogP contribution >= 0.6 is 0 Å². The van der Waals surface area contributed by atoms with E-state index in [0.29, 0.717) is 19.5 Å². The first kappa shape index (κ1) is 20.2. The second-order valence-electron chi connectivity index (χ2n) is 7.64. The zero-order valence-corrected chi connectivity index (χ0v) is 16.2. The number of carbonyl (C=O) groups is 2. The fraction of sp³-hybridized carbons (Fsp3) is 0.600. The highest BCUT2D eigenvalue weighted by Crippen LogP contribution is 2.21. The van der Waals surface area contributed by atoms with Gasteiger partial charge in [0.15, 0.2) is 0 Å². The number of piperidine rings is 1. The number of rotatable bonds is 5. The molecule has 0 aliphatic carbocycles. The van der Waals surface area contributed by atoms with Gasteiger partial charge in [-0.25, -0.2) is 4.79 Å². The second kappa shape index (κ2) is 9.03.